The van der Waals surface area contributed by atoms with Crippen LogP contribution in [0.3, 0.4) is 0 Å². The van der Waals surface area contributed by atoms with Gasteiger partial charge in [-0.2, -0.15) is 5.10 Å². The number of likely N-dealkylation sites (N-methyl/N-ethyl adjacent to an activating group) is 1. The first-order valence-electron chi connectivity index (χ1n) is 7.48. The first-order valence-corrected chi connectivity index (χ1v) is 7.48. The smallest absolute Gasteiger partial charge is 0.0645 e. The molecule has 0 radical (unpaired) electrons. The second kappa shape index (κ2) is 7.00. The minimum absolute atomic E-state index is 0.949. The highest BCUT2D eigenvalue weighted by molar-refractivity contribution is 5.33. The minimum Gasteiger partial charge on any atom is -0.302 e. The number of rotatable bonds is 6. The van der Waals surface area contributed by atoms with Crippen LogP contribution in [0.5, 0.6) is 0 Å². The zero-order valence-electron chi connectivity index (χ0n) is 12.8. The third kappa shape index (κ3) is 3.80. The van der Waals surface area contributed by atoms with E-state index < -0.39 is 0 Å². The lowest BCUT2D eigenvalue weighted by Crippen LogP contribution is -2.20. The van der Waals surface area contributed by atoms with Crippen LogP contribution in [0.2, 0.25) is 0 Å². The average Bonchev–Trinajstić information content (AvgIpc) is 3.09. The van der Waals surface area contributed by atoms with Crippen molar-refractivity contribution in [1.29, 1.82) is 0 Å². The molecule has 3 rings (SSSR count). The van der Waals surface area contributed by atoms with Crippen molar-refractivity contribution in [1.82, 2.24) is 19.7 Å². The number of aromatic nitrogens is 3. The summed E-state index contributed by atoms with van der Waals surface area (Å²) in [6, 6.07) is 14.6. The third-order valence-corrected chi connectivity index (χ3v) is 3.69. The van der Waals surface area contributed by atoms with Crippen LogP contribution in [-0.2, 0) is 13.0 Å². The summed E-state index contributed by atoms with van der Waals surface area (Å²) in [5, 5.41) is 4.24. The van der Waals surface area contributed by atoms with E-state index in [9.17, 15) is 0 Å². The molecule has 3 aromatic rings. The van der Waals surface area contributed by atoms with Gasteiger partial charge in [0.1, 0.15) is 0 Å². The Hall–Kier alpha value is -2.46. The molecule has 0 amide bonds. The van der Waals surface area contributed by atoms with Crippen molar-refractivity contribution >= 4 is 0 Å². The standard InChI is InChI=1S/C18H20N4/c1-21(14-9-16-7-11-19-12-8-16)15-17-3-5-18(6-4-17)22-13-2-10-20-22/h2-8,10-13H,9,14-15H2,1H3. The summed E-state index contributed by atoms with van der Waals surface area (Å²) in [4.78, 5) is 6.39. The van der Waals surface area contributed by atoms with E-state index in [0.29, 0.717) is 0 Å². The highest BCUT2D eigenvalue weighted by Crippen LogP contribution is 2.10. The molecule has 2 aromatic heterocycles. The molecule has 4 nitrogen and oxygen atoms in total. The molecular weight excluding hydrogens is 272 g/mol. The summed E-state index contributed by atoms with van der Waals surface area (Å²) in [5.74, 6) is 0. The molecule has 2 heterocycles. The topological polar surface area (TPSA) is 34.0 Å². The van der Waals surface area contributed by atoms with Crippen molar-refractivity contribution in [3.63, 3.8) is 0 Å². The van der Waals surface area contributed by atoms with E-state index in [0.717, 1.165) is 25.2 Å². The predicted octanol–water partition coefficient (Wildman–Crippen LogP) is 2.94. The van der Waals surface area contributed by atoms with E-state index in [4.69, 9.17) is 0 Å². The number of hydrogen-bond acceptors (Lipinski definition) is 3. The van der Waals surface area contributed by atoms with E-state index in [1.165, 1.54) is 11.1 Å². The summed E-state index contributed by atoms with van der Waals surface area (Å²) < 4.78 is 1.87. The number of benzene rings is 1. The average molecular weight is 292 g/mol. The van der Waals surface area contributed by atoms with Crippen molar-refractivity contribution in [3.05, 3.63) is 78.4 Å². The van der Waals surface area contributed by atoms with Crippen LogP contribution in [-0.4, -0.2) is 33.3 Å². The third-order valence-electron chi connectivity index (χ3n) is 3.69. The summed E-state index contributed by atoms with van der Waals surface area (Å²) in [6.45, 7) is 1.98. The van der Waals surface area contributed by atoms with Crippen LogP contribution >= 0.6 is 0 Å². The number of nitrogens with zero attached hydrogens (tertiary/aromatic N) is 4. The Kier molecular flexibility index (Phi) is 4.61. The molecule has 0 aliphatic heterocycles. The molecule has 0 unspecified atom stereocenters. The fourth-order valence-corrected chi connectivity index (χ4v) is 2.44. The molecule has 0 saturated heterocycles. The fraction of sp³-hybridized carbons (Fsp3) is 0.222. The van der Waals surface area contributed by atoms with Gasteiger partial charge in [-0.1, -0.05) is 12.1 Å². The molecule has 0 spiro atoms. The second-order valence-corrected chi connectivity index (χ2v) is 5.46. The van der Waals surface area contributed by atoms with Crippen LogP contribution < -0.4 is 0 Å². The van der Waals surface area contributed by atoms with Crippen LogP contribution in [0.4, 0.5) is 0 Å². The Bertz CT molecular complexity index is 675. The zero-order chi connectivity index (χ0) is 15.2. The lowest BCUT2D eigenvalue weighted by Gasteiger charge is -2.17. The van der Waals surface area contributed by atoms with Crippen LogP contribution in [0, 0.1) is 0 Å². The maximum Gasteiger partial charge on any atom is 0.0645 e. The van der Waals surface area contributed by atoms with Gasteiger partial charge in [-0.25, -0.2) is 4.68 Å². The van der Waals surface area contributed by atoms with E-state index in [2.05, 4.69) is 58.4 Å². The van der Waals surface area contributed by atoms with Gasteiger partial charge in [0.25, 0.3) is 0 Å². The van der Waals surface area contributed by atoms with Crippen LogP contribution in [0.25, 0.3) is 5.69 Å². The van der Waals surface area contributed by atoms with Gasteiger partial charge < -0.3 is 4.90 Å². The highest BCUT2D eigenvalue weighted by Gasteiger charge is 2.02. The fourth-order valence-electron chi connectivity index (χ4n) is 2.44. The monoisotopic (exact) mass is 292 g/mol. The molecule has 112 valence electrons. The van der Waals surface area contributed by atoms with Crippen molar-refractivity contribution < 1.29 is 0 Å². The Labute approximate surface area is 131 Å². The van der Waals surface area contributed by atoms with Gasteiger partial charge in [0.15, 0.2) is 0 Å². The molecule has 0 N–H and O–H groups in total. The Morgan fingerprint density at radius 1 is 0.955 bits per heavy atom. The number of pyridine rings is 1. The van der Waals surface area contributed by atoms with Gasteiger partial charge >= 0.3 is 0 Å². The first kappa shape index (κ1) is 14.5. The van der Waals surface area contributed by atoms with Gasteiger partial charge in [0.05, 0.1) is 5.69 Å². The van der Waals surface area contributed by atoms with Crippen LogP contribution in [0.1, 0.15) is 11.1 Å². The summed E-state index contributed by atoms with van der Waals surface area (Å²) in [6.07, 6.45) is 8.49. The van der Waals surface area contributed by atoms with E-state index in [1.807, 2.05) is 29.3 Å². The predicted molar refractivity (Wildman–Crippen MR) is 87.8 cm³/mol. The van der Waals surface area contributed by atoms with Crippen molar-refractivity contribution in [2.45, 2.75) is 13.0 Å². The highest BCUT2D eigenvalue weighted by atomic mass is 15.3. The lowest BCUT2D eigenvalue weighted by atomic mass is 10.1. The number of hydrogen-bond donors (Lipinski definition) is 0. The zero-order valence-corrected chi connectivity index (χ0v) is 12.8. The van der Waals surface area contributed by atoms with Crippen molar-refractivity contribution in [3.8, 4) is 5.69 Å². The molecule has 1 aromatic carbocycles. The Morgan fingerprint density at radius 3 is 2.41 bits per heavy atom. The Balaban J connectivity index is 1.54. The molecule has 0 saturated carbocycles. The molecule has 0 aliphatic carbocycles. The maximum absolute atomic E-state index is 4.24. The van der Waals surface area contributed by atoms with Gasteiger partial charge in [-0.15, -0.1) is 0 Å². The second-order valence-electron chi connectivity index (χ2n) is 5.46. The molecular formula is C18H20N4. The lowest BCUT2D eigenvalue weighted by molar-refractivity contribution is 0.331. The summed E-state index contributed by atoms with van der Waals surface area (Å²) >= 11 is 0. The molecule has 0 bridgehead atoms. The van der Waals surface area contributed by atoms with Gasteiger partial charge in [0, 0.05) is 37.9 Å². The molecule has 0 fully saturated rings. The molecule has 0 atom stereocenters. The first-order chi connectivity index (χ1) is 10.8. The normalized spacial score (nSPS) is 11.0. The van der Waals surface area contributed by atoms with Gasteiger partial charge in [-0.3, -0.25) is 4.98 Å². The van der Waals surface area contributed by atoms with Gasteiger partial charge in [0.2, 0.25) is 0 Å². The summed E-state index contributed by atoms with van der Waals surface area (Å²) in [5.41, 5.74) is 3.73. The quantitative estimate of drug-likeness (QED) is 0.700. The Morgan fingerprint density at radius 2 is 1.73 bits per heavy atom. The van der Waals surface area contributed by atoms with Gasteiger partial charge in [-0.05, 0) is 54.9 Å². The summed E-state index contributed by atoms with van der Waals surface area (Å²) in [7, 11) is 2.16. The molecule has 22 heavy (non-hydrogen) atoms. The van der Waals surface area contributed by atoms with Crippen molar-refractivity contribution in [2.75, 3.05) is 13.6 Å². The van der Waals surface area contributed by atoms with Crippen molar-refractivity contribution in [2.24, 2.45) is 0 Å². The van der Waals surface area contributed by atoms with E-state index >= 15 is 0 Å². The largest absolute Gasteiger partial charge is 0.302 e. The van der Waals surface area contributed by atoms with Crippen LogP contribution in [0.15, 0.2) is 67.3 Å². The maximum atomic E-state index is 4.24. The minimum atomic E-state index is 0.949. The molecule has 0 aliphatic rings. The van der Waals surface area contributed by atoms with E-state index in [-0.39, 0.29) is 0 Å². The SMILES string of the molecule is CN(CCc1ccncc1)Cc1ccc(-n2cccn2)cc1. The van der Waals surface area contributed by atoms with E-state index in [1.54, 1.807) is 6.20 Å². The molecule has 4 heteroatoms.